The van der Waals surface area contributed by atoms with Crippen LogP contribution >= 0.6 is 11.6 Å². The number of aliphatic imine (C=N–C) groups is 1. The van der Waals surface area contributed by atoms with Crippen LogP contribution in [-0.4, -0.2) is 64.1 Å². The first-order valence-corrected chi connectivity index (χ1v) is 14.4. The fourth-order valence-corrected chi connectivity index (χ4v) is 5.95. The lowest BCUT2D eigenvalue weighted by Gasteiger charge is -2.35. The third kappa shape index (κ3) is 6.52. The maximum absolute atomic E-state index is 14.2. The third-order valence-corrected chi connectivity index (χ3v) is 8.22. The van der Waals surface area contributed by atoms with Crippen molar-refractivity contribution in [3.63, 3.8) is 0 Å². The molecule has 0 saturated carbocycles. The molecule has 3 aromatic rings. The molecule has 3 aromatic carbocycles. The molecule has 0 aromatic heterocycles. The fourth-order valence-electron chi connectivity index (χ4n) is 4.53. The summed E-state index contributed by atoms with van der Waals surface area (Å²) in [6, 6.07) is 14.0. The highest BCUT2D eigenvalue weighted by Crippen LogP contribution is 2.33. The van der Waals surface area contributed by atoms with Crippen LogP contribution in [0.15, 0.2) is 70.6 Å². The number of piperazine rings is 1. The van der Waals surface area contributed by atoms with Crippen LogP contribution in [0.1, 0.15) is 28.4 Å². The zero-order valence-electron chi connectivity index (χ0n) is 22.2. The van der Waals surface area contributed by atoms with Gasteiger partial charge in [0.15, 0.2) is 0 Å². The summed E-state index contributed by atoms with van der Waals surface area (Å²) in [6.45, 7) is 7.86. The third-order valence-electron chi connectivity index (χ3n) is 6.59. The summed E-state index contributed by atoms with van der Waals surface area (Å²) in [6.07, 6.45) is 3.53. The minimum Gasteiger partial charge on any atom is -0.495 e. The highest BCUT2D eigenvalue weighted by atomic mass is 35.5. The lowest BCUT2D eigenvalue weighted by atomic mass is 10.1. The van der Waals surface area contributed by atoms with Gasteiger partial charge in [0.25, 0.3) is 15.9 Å². The van der Waals surface area contributed by atoms with Gasteiger partial charge in [-0.15, -0.1) is 0 Å². The fraction of sp³-hybridized carbons (Fsp3) is 0.241. The first kappa shape index (κ1) is 29.3. The Morgan fingerprint density at radius 2 is 1.90 bits per heavy atom. The smallest absolute Gasteiger partial charge is 0.264 e. The summed E-state index contributed by atoms with van der Waals surface area (Å²) in [5.74, 6) is -0.359. The Bertz CT molecular complexity index is 1550. The van der Waals surface area contributed by atoms with Gasteiger partial charge in [-0.25, -0.2) is 12.8 Å². The zero-order chi connectivity index (χ0) is 28.9. The molecule has 210 valence electrons. The number of rotatable bonds is 9. The van der Waals surface area contributed by atoms with E-state index < -0.39 is 10.0 Å². The van der Waals surface area contributed by atoms with Crippen molar-refractivity contribution in [1.82, 2.24) is 9.80 Å². The monoisotopic (exact) mass is 584 g/mol. The number of carbonyl (C=O) groups excluding carboxylic acids is 1. The van der Waals surface area contributed by atoms with Gasteiger partial charge in [-0.3, -0.25) is 19.4 Å². The van der Waals surface area contributed by atoms with Crippen LogP contribution in [0.3, 0.4) is 0 Å². The number of anilines is 1. The molecule has 1 amide bonds. The van der Waals surface area contributed by atoms with Crippen molar-refractivity contribution in [2.45, 2.75) is 18.4 Å². The van der Waals surface area contributed by atoms with Crippen LogP contribution in [0.25, 0.3) is 6.08 Å². The van der Waals surface area contributed by atoms with Crippen molar-refractivity contribution >= 4 is 51.7 Å². The molecule has 8 nitrogen and oxygen atoms in total. The summed E-state index contributed by atoms with van der Waals surface area (Å²) >= 11 is 5.84. The Balaban J connectivity index is 1.46. The van der Waals surface area contributed by atoms with E-state index in [-0.39, 0.29) is 33.7 Å². The Labute approximate surface area is 238 Å². The minimum atomic E-state index is -4.05. The van der Waals surface area contributed by atoms with Crippen molar-refractivity contribution in [2.24, 2.45) is 4.99 Å². The van der Waals surface area contributed by atoms with Gasteiger partial charge in [-0.05, 0) is 50.0 Å². The average molecular weight is 585 g/mol. The average Bonchev–Trinajstić information content (AvgIpc) is 2.94. The highest BCUT2D eigenvalue weighted by Gasteiger charge is 2.25. The van der Waals surface area contributed by atoms with Crippen LogP contribution in [-0.2, 0) is 16.6 Å². The Kier molecular flexibility index (Phi) is 9.24. The minimum absolute atomic E-state index is 0.0309. The number of nitrogens with zero attached hydrogens (tertiary/aromatic N) is 3. The Hall–Kier alpha value is -3.73. The van der Waals surface area contributed by atoms with Gasteiger partial charge in [-0.1, -0.05) is 42.0 Å². The molecular formula is C29H30ClFN4O4S. The molecule has 1 heterocycles. The van der Waals surface area contributed by atoms with E-state index in [0.717, 1.165) is 0 Å². The summed E-state index contributed by atoms with van der Waals surface area (Å²) in [5.41, 5.74) is 1.95. The van der Waals surface area contributed by atoms with Crippen molar-refractivity contribution < 1.29 is 22.3 Å². The number of hydrogen-bond donors (Lipinski definition) is 1. The Morgan fingerprint density at radius 3 is 2.55 bits per heavy atom. The predicted octanol–water partition coefficient (Wildman–Crippen LogP) is 5.61. The van der Waals surface area contributed by atoms with Gasteiger partial charge in [0.2, 0.25) is 0 Å². The van der Waals surface area contributed by atoms with Crippen molar-refractivity contribution in [2.75, 3.05) is 38.0 Å². The lowest BCUT2D eigenvalue weighted by Crippen LogP contribution is -2.48. The van der Waals surface area contributed by atoms with E-state index in [9.17, 15) is 17.6 Å². The number of nitrogens with one attached hydrogen (secondary N) is 1. The van der Waals surface area contributed by atoms with Crippen LogP contribution in [0.4, 0.5) is 15.8 Å². The van der Waals surface area contributed by atoms with Crippen molar-refractivity contribution in [3.8, 4) is 5.75 Å². The molecule has 1 saturated heterocycles. The van der Waals surface area contributed by atoms with E-state index in [2.05, 4.69) is 21.3 Å². The zero-order valence-corrected chi connectivity index (χ0v) is 23.8. The van der Waals surface area contributed by atoms with E-state index in [4.69, 9.17) is 16.3 Å². The molecule has 1 aliphatic rings. The maximum atomic E-state index is 14.2. The number of para-hydroxylation sites is 1. The van der Waals surface area contributed by atoms with E-state index >= 15 is 0 Å². The maximum Gasteiger partial charge on any atom is 0.264 e. The van der Waals surface area contributed by atoms with Gasteiger partial charge in [0, 0.05) is 54.4 Å². The number of halogens is 2. The van der Waals surface area contributed by atoms with Crippen molar-refractivity contribution in [3.05, 3.63) is 88.2 Å². The van der Waals surface area contributed by atoms with Crippen LogP contribution in [0, 0.1) is 5.82 Å². The molecular weight excluding hydrogens is 555 g/mol. The normalized spacial score (nSPS) is 14.3. The second-order valence-electron chi connectivity index (χ2n) is 9.18. The molecule has 1 aliphatic heterocycles. The summed E-state index contributed by atoms with van der Waals surface area (Å²) in [5, 5.41) is 0.350. The van der Waals surface area contributed by atoms with Crippen LogP contribution in [0.2, 0.25) is 5.02 Å². The van der Waals surface area contributed by atoms with E-state index in [0.29, 0.717) is 54.4 Å². The number of amides is 1. The number of carbonyl (C=O) groups is 1. The van der Waals surface area contributed by atoms with Gasteiger partial charge >= 0.3 is 0 Å². The first-order valence-electron chi connectivity index (χ1n) is 12.6. The summed E-state index contributed by atoms with van der Waals surface area (Å²) < 4.78 is 48.7. The largest absolute Gasteiger partial charge is 0.495 e. The lowest BCUT2D eigenvalue weighted by molar-refractivity contribution is 0.0626. The number of methoxy groups -OCH3 is 1. The van der Waals surface area contributed by atoms with E-state index in [1.54, 1.807) is 47.4 Å². The highest BCUT2D eigenvalue weighted by molar-refractivity contribution is 7.92. The quantitative estimate of drug-likeness (QED) is 0.330. The summed E-state index contributed by atoms with van der Waals surface area (Å²) in [4.78, 5) is 20.9. The van der Waals surface area contributed by atoms with Gasteiger partial charge < -0.3 is 9.64 Å². The number of allylic oxidation sites excluding steroid dienone is 1. The standard InChI is InChI=1S/C29H30ClFN4O4S/c1-4-6-20-7-5-8-27(28(20)32-2)40(37,38)33-25-12-10-21(17-26(25)39-3)29(36)35-15-13-34(14-16-35)19-22-9-11-23(30)18-24(22)31/h4-12,17-18,33H,2,13-16,19H2,1,3H3/b6-4-. The molecule has 0 atom stereocenters. The van der Waals surface area contributed by atoms with E-state index in [1.165, 1.54) is 31.4 Å². The van der Waals surface area contributed by atoms with Crippen molar-refractivity contribution in [1.29, 1.82) is 0 Å². The molecule has 0 radical (unpaired) electrons. The SMILES string of the molecule is C=Nc1c(/C=C\C)cccc1S(=O)(=O)Nc1ccc(C(=O)N2CCN(Cc3ccc(Cl)cc3F)CC2)cc1OC. The molecule has 11 heteroatoms. The summed E-state index contributed by atoms with van der Waals surface area (Å²) in [7, 11) is -2.65. The van der Waals surface area contributed by atoms with E-state index in [1.807, 2.05) is 6.92 Å². The van der Waals surface area contributed by atoms with Gasteiger partial charge in [0.05, 0.1) is 18.5 Å². The molecule has 0 aliphatic carbocycles. The molecule has 0 bridgehead atoms. The number of sulfonamides is 1. The second-order valence-corrected chi connectivity index (χ2v) is 11.3. The van der Waals surface area contributed by atoms with Crippen LogP contribution in [0.5, 0.6) is 5.75 Å². The number of benzene rings is 3. The topological polar surface area (TPSA) is 91.3 Å². The van der Waals surface area contributed by atoms with Crippen LogP contribution < -0.4 is 9.46 Å². The van der Waals surface area contributed by atoms with Gasteiger partial charge in [0.1, 0.15) is 16.5 Å². The molecule has 40 heavy (non-hydrogen) atoms. The number of ether oxygens (including phenoxy) is 1. The number of hydrogen-bond acceptors (Lipinski definition) is 6. The Morgan fingerprint density at radius 1 is 1.15 bits per heavy atom. The first-order chi connectivity index (χ1) is 19.2. The molecule has 0 unspecified atom stereocenters. The predicted molar refractivity (Wildman–Crippen MR) is 157 cm³/mol. The second kappa shape index (κ2) is 12.6. The molecule has 4 rings (SSSR count). The van der Waals surface area contributed by atoms with Gasteiger partial charge in [-0.2, -0.15) is 0 Å². The molecule has 1 fully saturated rings. The molecule has 1 N–H and O–H groups in total. The molecule has 0 spiro atoms.